The van der Waals surface area contributed by atoms with Crippen LogP contribution >= 0.6 is 12.8 Å². The minimum Gasteiger partial charge on any atom is -0.267 e. The number of nitrogens with one attached hydrogen (secondary N) is 1. The molecule has 0 saturated carbocycles. The Morgan fingerprint density at radius 1 is 1.50 bits per heavy atom. The fourth-order valence-electron chi connectivity index (χ4n) is 0.589. The van der Waals surface area contributed by atoms with Gasteiger partial charge in [-0.25, -0.2) is 0 Å². The van der Waals surface area contributed by atoms with E-state index in [2.05, 4.69) is 31.4 Å². The van der Waals surface area contributed by atoms with E-state index in [0.717, 1.165) is 12.5 Å². The summed E-state index contributed by atoms with van der Waals surface area (Å²) in [6, 6.07) is 0. The molecule has 0 aromatic rings. The summed E-state index contributed by atoms with van der Waals surface area (Å²) in [6.07, 6.45) is 2.54. The molecule has 0 aliphatic rings. The topological polar surface area (TPSA) is 12.0 Å². The molecule has 0 bridgehead atoms. The monoisotopic (exact) mass is 133 g/mol. The molecule has 0 rings (SSSR count). The van der Waals surface area contributed by atoms with Crippen LogP contribution in [0.3, 0.4) is 0 Å². The largest absolute Gasteiger partial charge is 0.267 e. The lowest BCUT2D eigenvalue weighted by Gasteiger charge is -2.01. The first-order valence-corrected chi connectivity index (χ1v) is 3.59. The van der Waals surface area contributed by atoms with Gasteiger partial charge in [0.2, 0.25) is 0 Å². The molecule has 0 radical (unpaired) electrons. The smallest absolute Gasteiger partial charge is 0.00562 e. The maximum absolute atomic E-state index is 3.87. The van der Waals surface area contributed by atoms with Gasteiger partial charge in [0.25, 0.3) is 0 Å². The van der Waals surface area contributed by atoms with Crippen LogP contribution in [-0.4, -0.2) is 6.54 Å². The molecule has 50 valence electrons. The Balaban J connectivity index is 2.72. The first-order valence-electron chi connectivity index (χ1n) is 3.14. The van der Waals surface area contributed by atoms with Gasteiger partial charge in [0, 0.05) is 6.54 Å². The number of thiol groups is 1. The van der Waals surface area contributed by atoms with Crippen molar-refractivity contribution in [2.75, 3.05) is 6.54 Å². The molecule has 8 heavy (non-hydrogen) atoms. The molecule has 0 aliphatic carbocycles. The Hall–Kier alpha value is 0.310. The minimum atomic E-state index is 0.830. The molecule has 0 atom stereocenters. The second kappa shape index (κ2) is 5.45. The van der Waals surface area contributed by atoms with Crippen LogP contribution in [0.2, 0.25) is 0 Å². The van der Waals surface area contributed by atoms with Gasteiger partial charge in [0.15, 0.2) is 0 Å². The normalized spacial score (nSPS) is 10.5. The summed E-state index contributed by atoms with van der Waals surface area (Å²) >= 11 is 3.87. The standard InChI is InChI=1S/C6H15NS/c1-6(2)4-3-5-7-8/h6-8H,3-5H2,1-2H3. The van der Waals surface area contributed by atoms with Crippen molar-refractivity contribution in [1.29, 1.82) is 0 Å². The van der Waals surface area contributed by atoms with Crippen LogP contribution in [0.4, 0.5) is 0 Å². The van der Waals surface area contributed by atoms with Crippen molar-refractivity contribution in [2.45, 2.75) is 26.7 Å². The van der Waals surface area contributed by atoms with Gasteiger partial charge in [0.1, 0.15) is 0 Å². The van der Waals surface area contributed by atoms with Gasteiger partial charge in [0.05, 0.1) is 0 Å². The Bertz CT molecular complexity index is 45.8. The third-order valence-electron chi connectivity index (χ3n) is 1.07. The van der Waals surface area contributed by atoms with E-state index in [0.29, 0.717) is 0 Å². The van der Waals surface area contributed by atoms with Crippen molar-refractivity contribution in [3.05, 3.63) is 0 Å². The maximum Gasteiger partial charge on any atom is 0.00562 e. The van der Waals surface area contributed by atoms with Crippen molar-refractivity contribution in [1.82, 2.24) is 4.72 Å². The van der Waals surface area contributed by atoms with Gasteiger partial charge in [-0.1, -0.05) is 26.7 Å². The van der Waals surface area contributed by atoms with Gasteiger partial charge in [-0.05, 0) is 18.8 Å². The van der Waals surface area contributed by atoms with Crippen LogP contribution in [0, 0.1) is 5.92 Å². The van der Waals surface area contributed by atoms with Crippen LogP contribution in [0.15, 0.2) is 0 Å². The molecular weight excluding hydrogens is 118 g/mol. The highest BCUT2D eigenvalue weighted by molar-refractivity contribution is 7.78. The van der Waals surface area contributed by atoms with Gasteiger partial charge in [-0.2, -0.15) is 0 Å². The van der Waals surface area contributed by atoms with E-state index >= 15 is 0 Å². The summed E-state index contributed by atoms with van der Waals surface area (Å²) in [4.78, 5) is 0. The van der Waals surface area contributed by atoms with Crippen LogP contribution in [0.5, 0.6) is 0 Å². The summed E-state index contributed by atoms with van der Waals surface area (Å²) in [5.41, 5.74) is 0. The molecule has 0 aliphatic heterocycles. The third kappa shape index (κ3) is 6.31. The Morgan fingerprint density at radius 3 is 2.50 bits per heavy atom. The molecule has 0 aromatic heterocycles. The molecular formula is C6H15NS. The molecule has 0 amide bonds. The summed E-state index contributed by atoms with van der Waals surface area (Å²) in [5.74, 6) is 0.830. The van der Waals surface area contributed by atoms with Gasteiger partial charge < -0.3 is 0 Å². The summed E-state index contributed by atoms with van der Waals surface area (Å²) in [6.45, 7) is 5.50. The predicted octanol–water partition coefficient (Wildman–Crippen LogP) is 1.86. The second-order valence-corrected chi connectivity index (χ2v) is 2.76. The first kappa shape index (κ1) is 8.31. The second-order valence-electron chi connectivity index (χ2n) is 2.44. The summed E-state index contributed by atoms with van der Waals surface area (Å²) in [7, 11) is 0. The van der Waals surface area contributed by atoms with Gasteiger partial charge >= 0.3 is 0 Å². The van der Waals surface area contributed by atoms with Crippen molar-refractivity contribution in [3.8, 4) is 0 Å². The molecule has 0 spiro atoms. The van der Waals surface area contributed by atoms with Crippen LogP contribution in [0.1, 0.15) is 26.7 Å². The van der Waals surface area contributed by atoms with E-state index in [1.54, 1.807) is 0 Å². The molecule has 2 heteroatoms. The maximum atomic E-state index is 3.87. The lowest BCUT2D eigenvalue weighted by molar-refractivity contribution is 0.556. The number of hydrogen-bond donors (Lipinski definition) is 2. The molecule has 0 fully saturated rings. The molecule has 1 nitrogen and oxygen atoms in total. The fraction of sp³-hybridized carbons (Fsp3) is 1.00. The van der Waals surface area contributed by atoms with E-state index < -0.39 is 0 Å². The average Bonchev–Trinajstić information content (AvgIpc) is 1.66. The number of hydrogen-bond acceptors (Lipinski definition) is 2. The lowest BCUT2D eigenvalue weighted by atomic mass is 10.1. The first-order chi connectivity index (χ1) is 3.77. The molecule has 0 unspecified atom stereocenters. The van der Waals surface area contributed by atoms with Gasteiger partial charge in [-0.15, -0.1) is 0 Å². The molecule has 0 aromatic carbocycles. The third-order valence-corrected chi connectivity index (χ3v) is 1.29. The summed E-state index contributed by atoms with van der Waals surface area (Å²) < 4.78 is 2.82. The SMILES string of the molecule is CC(C)CCCNS. The highest BCUT2D eigenvalue weighted by Gasteiger charge is 1.90. The highest BCUT2D eigenvalue weighted by atomic mass is 32.1. The Morgan fingerprint density at radius 2 is 2.12 bits per heavy atom. The predicted molar refractivity (Wildman–Crippen MR) is 41.1 cm³/mol. The fourth-order valence-corrected chi connectivity index (χ4v) is 0.747. The van der Waals surface area contributed by atoms with Gasteiger partial charge in [-0.3, -0.25) is 4.72 Å². The van der Waals surface area contributed by atoms with Crippen molar-refractivity contribution in [2.24, 2.45) is 5.92 Å². The van der Waals surface area contributed by atoms with Crippen molar-refractivity contribution in [3.63, 3.8) is 0 Å². The average molecular weight is 133 g/mol. The zero-order valence-electron chi connectivity index (χ0n) is 5.65. The van der Waals surface area contributed by atoms with Crippen LogP contribution in [0.25, 0.3) is 0 Å². The zero-order chi connectivity index (χ0) is 6.41. The summed E-state index contributed by atoms with van der Waals surface area (Å²) in [5, 5.41) is 0. The highest BCUT2D eigenvalue weighted by Crippen LogP contribution is 2.01. The molecule has 0 heterocycles. The lowest BCUT2D eigenvalue weighted by Crippen LogP contribution is -2.02. The minimum absolute atomic E-state index is 0.830. The molecule has 1 N–H and O–H groups in total. The number of rotatable bonds is 4. The van der Waals surface area contributed by atoms with Crippen LogP contribution in [-0.2, 0) is 0 Å². The molecule has 0 saturated heterocycles. The van der Waals surface area contributed by atoms with Crippen LogP contribution < -0.4 is 4.72 Å². The van der Waals surface area contributed by atoms with E-state index in [1.807, 2.05) is 0 Å². The zero-order valence-corrected chi connectivity index (χ0v) is 6.54. The Labute approximate surface area is 57.4 Å². The van der Waals surface area contributed by atoms with E-state index in [9.17, 15) is 0 Å². The van der Waals surface area contributed by atoms with E-state index in [1.165, 1.54) is 12.8 Å². The van der Waals surface area contributed by atoms with E-state index in [4.69, 9.17) is 0 Å². The van der Waals surface area contributed by atoms with E-state index in [-0.39, 0.29) is 0 Å². The quantitative estimate of drug-likeness (QED) is 0.440. The van der Waals surface area contributed by atoms with Crippen molar-refractivity contribution >= 4 is 12.8 Å². The van der Waals surface area contributed by atoms with Crippen molar-refractivity contribution < 1.29 is 0 Å². The Kier molecular flexibility index (Phi) is 5.66.